The standard InChI is InChI=1S/C12H24N2O2S/c1-4-12(2,10(13)17)11(15)14-8-6-5-7-9-16-3/h4-9H2,1-3H3,(H2,13,17)(H,14,15). The Hall–Kier alpha value is -0.680. The second-order valence-electron chi connectivity index (χ2n) is 4.36. The molecule has 1 amide bonds. The Labute approximate surface area is 109 Å². The Morgan fingerprint density at radius 1 is 1.41 bits per heavy atom. The summed E-state index contributed by atoms with van der Waals surface area (Å²) in [6, 6.07) is 0. The number of unbranched alkanes of at least 4 members (excludes halogenated alkanes) is 2. The average molecular weight is 260 g/mol. The lowest BCUT2D eigenvalue weighted by molar-refractivity contribution is -0.126. The van der Waals surface area contributed by atoms with E-state index in [1.807, 2.05) is 6.92 Å². The lowest BCUT2D eigenvalue weighted by Crippen LogP contribution is -2.46. The Morgan fingerprint density at radius 3 is 2.53 bits per heavy atom. The summed E-state index contributed by atoms with van der Waals surface area (Å²) in [5, 5.41) is 2.89. The first kappa shape index (κ1) is 16.3. The number of thiocarbonyl (C=S) groups is 1. The maximum Gasteiger partial charge on any atom is 0.232 e. The number of nitrogens with one attached hydrogen (secondary N) is 1. The molecule has 0 aromatic carbocycles. The van der Waals surface area contributed by atoms with Crippen LogP contribution in [0.2, 0.25) is 0 Å². The number of carbonyl (C=O) groups excluding carboxylic acids is 1. The molecule has 0 aromatic heterocycles. The van der Waals surface area contributed by atoms with Crippen molar-refractivity contribution in [2.75, 3.05) is 20.3 Å². The fourth-order valence-corrected chi connectivity index (χ4v) is 1.63. The number of methoxy groups -OCH3 is 1. The molecule has 0 rings (SSSR count). The highest BCUT2D eigenvalue weighted by Crippen LogP contribution is 2.21. The summed E-state index contributed by atoms with van der Waals surface area (Å²) >= 11 is 4.94. The molecule has 0 aromatic rings. The minimum atomic E-state index is -0.720. The molecule has 1 unspecified atom stereocenters. The summed E-state index contributed by atoms with van der Waals surface area (Å²) in [6.07, 6.45) is 3.64. The molecule has 0 saturated heterocycles. The van der Waals surface area contributed by atoms with E-state index >= 15 is 0 Å². The van der Waals surface area contributed by atoms with E-state index in [-0.39, 0.29) is 10.9 Å². The summed E-state index contributed by atoms with van der Waals surface area (Å²) in [6.45, 7) is 5.14. The van der Waals surface area contributed by atoms with Crippen LogP contribution in [0.3, 0.4) is 0 Å². The molecule has 0 saturated carbocycles. The highest BCUT2D eigenvalue weighted by molar-refractivity contribution is 7.80. The van der Waals surface area contributed by atoms with E-state index in [9.17, 15) is 4.79 Å². The van der Waals surface area contributed by atoms with Gasteiger partial charge in [0.15, 0.2) is 0 Å². The van der Waals surface area contributed by atoms with Crippen molar-refractivity contribution in [1.29, 1.82) is 0 Å². The van der Waals surface area contributed by atoms with Gasteiger partial charge in [0.1, 0.15) is 0 Å². The largest absolute Gasteiger partial charge is 0.392 e. The summed E-state index contributed by atoms with van der Waals surface area (Å²) in [4.78, 5) is 12.2. The molecule has 0 spiro atoms. The molecule has 0 aliphatic heterocycles. The zero-order valence-corrected chi connectivity index (χ0v) is 11.9. The summed E-state index contributed by atoms with van der Waals surface area (Å²) in [7, 11) is 1.69. The maximum atomic E-state index is 11.9. The molecule has 0 radical (unpaired) electrons. The molecule has 0 heterocycles. The zero-order chi connectivity index (χ0) is 13.3. The molecule has 0 bridgehead atoms. The van der Waals surface area contributed by atoms with Crippen molar-refractivity contribution < 1.29 is 9.53 Å². The summed E-state index contributed by atoms with van der Waals surface area (Å²) < 4.78 is 4.95. The molecule has 100 valence electrons. The van der Waals surface area contributed by atoms with Crippen molar-refractivity contribution >= 4 is 23.1 Å². The third kappa shape index (κ3) is 5.46. The number of nitrogens with two attached hydrogens (primary N) is 1. The van der Waals surface area contributed by atoms with E-state index in [1.165, 1.54) is 0 Å². The van der Waals surface area contributed by atoms with Gasteiger partial charge in [-0.25, -0.2) is 0 Å². The van der Waals surface area contributed by atoms with Crippen molar-refractivity contribution in [3.63, 3.8) is 0 Å². The molecule has 3 N–H and O–H groups in total. The normalized spacial score (nSPS) is 14.1. The average Bonchev–Trinajstić information content (AvgIpc) is 2.31. The number of rotatable bonds is 9. The van der Waals surface area contributed by atoms with Gasteiger partial charge in [0, 0.05) is 20.3 Å². The molecule has 5 heteroatoms. The second-order valence-corrected chi connectivity index (χ2v) is 4.80. The topological polar surface area (TPSA) is 64.3 Å². The van der Waals surface area contributed by atoms with E-state index in [1.54, 1.807) is 14.0 Å². The van der Waals surface area contributed by atoms with E-state index in [0.29, 0.717) is 13.0 Å². The lowest BCUT2D eigenvalue weighted by atomic mass is 9.86. The van der Waals surface area contributed by atoms with Crippen molar-refractivity contribution in [3.8, 4) is 0 Å². The first-order valence-electron chi connectivity index (χ1n) is 6.06. The molecular formula is C12H24N2O2S. The highest BCUT2D eigenvalue weighted by atomic mass is 32.1. The first-order valence-corrected chi connectivity index (χ1v) is 6.47. The molecule has 1 atom stereocenters. The van der Waals surface area contributed by atoms with Crippen molar-refractivity contribution in [1.82, 2.24) is 5.32 Å². The van der Waals surface area contributed by atoms with Crippen molar-refractivity contribution in [2.45, 2.75) is 39.5 Å². The molecule has 0 aliphatic rings. The maximum absolute atomic E-state index is 11.9. The monoisotopic (exact) mass is 260 g/mol. The number of carbonyl (C=O) groups is 1. The molecule has 0 fully saturated rings. The quantitative estimate of drug-likeness (QED) is 0.488. The third-order valence-electron chi connectivity index (χ3n) is 3.06. The van der Waals surface area contributed by atoms with Crippen LogP contribution in [-0.4, -0.2) is 31.2 Å². The predicted octanol–water partition coefficient (Wildman–Crippen LogP) is 1.62. The van der Waals surface area contributed by atoms with E-state index in [2.05, 4.69) is 5.32 Å². The number of ether oxygens (including phenoxy) is 1. The Bertz CT molecular complexity index is 259. The van der Waals surface area contributed by atoms with Crippen LogP contribution < -0.4 is 11.1 Å². The molecule has 4 nitrogen and oxygen atoms in total. The van der Waals surface area contributed by atoms with Gasteiger partial charge in [-0.2, -0.15) is 0 Å². The van der Waals surface area contributed by atoms with Crippen LogP contribution in [0.15, 0.2) is 0 Å². The van der Waals surface area contributed by atoms with E-state index < -0.39 is 5.41 Å². The van der Waals surface area contributed by atoms with Crippen LogP contribution >= 0.6 is 12.2 Å². The van der Waals surface area contributed by atoms with E-state index in [0.717, 1.165) is 25.9 Å². The van der Waals surface area contributed by atoms with Gasteiger partial charge < -0.3 is 15.8 Å². The van der Waals surface area contributed by atoms with E-state index in [4.69, 9.17) is 22.7 Å². The minimum absolute atomic E-state index is 0.0701. The van der Waals surface area contributed by atoms with Crippen LogP contribution in [0.25, 0.3) is 0 Å². The molecular weight excluding hydrogens is 236 g/mol. The molecule has 17 heavy (non-hydrogen) atoms. The number of hydrogen-bond acceptors (Lipinski definition) is 3. The van der Waals surface area contributed by atoms with Gasteiger partial charge in [-0.3, -0.25) is 4.79 Å². The second kappa shape index (κ2) is 8.42. The highest BCUT2D eigenvalue weighted by Gasteiger charge is 2.33. The van der Waals surface area contributed by atoms with Gasteiger partial charge in [-0.15, -0.1) is 0 Å². The van der Waals surface area contributed by atoms with Crippen LogP contribution in [0.5, 0.6) is 0 Å². The van der Waals surface area contributed by atoms with Crippen LogP contribution in [-0.2, 0) is 9.53 Å². The van der Waals surface area contributed by atoms with Gasteiger partial charge in [0.2, 0.25) is 5.91 Å². The number of hydrogen-bond donors (Lipinski definition) is 2. The fourth-order valence-electron chi connectivity index (χ4n) is 1.39. The summed E-state index contributed by atoms with van der Waals surface area (Å²) in [5.41, 5.74) is 4.89. The smallest absolute Gasteiger partial charge is 0.232 e. The Kier molecular flexibility index (Phi) is 8.08. The zero-order valence-electron chi connectivity index (χ0n) is 11.0. The van der Waals surface area contributed by atoms with Gasteiger partial charge in [-0.1, -0.05) is 19.1 Å². The van der Waals surface area contributed by atoms with Crippen LogP contribution in [0, 0.1) is 5.41 Å². The Morgan fingerprint density at radius 2 is 2.06 bits per heavy atom. The van der Waals surface area contributed by atoms with Gasteiger partial charge >= 0.3 is 0 Å². The summed E-state index contributed by atoms with van der Waals surface area (Å²) in [5.74, 6) is -0.0701. The van der Waals surface area contributed by atoms with Crippen molar-refractivity contribution in [3.05, 3.63) is 0 Å². The fraction of sp³-hybridized carbons (Fsp3) is 0.833. The Balaban J connectivity index is 3.89. The first-order chi connectivity index (χ1) is 7.99. The SMILES string of the molecule is CCC(C)(C(=O)NCCCCCOC)C(N)=S. The third-order valence-corrected chi connectivity index (χ3v) is 3.51. The lowest BCUT2D eigenvalue weighted by Gasteiger charge is -2.25. The predicted molar refractivity (Wildman–Crippen MR) is 73.9 cm³/mol. The van der Waals surface area contributed by atoms with Gasteiger partial charge in [0.25, 0.3) is 0 Å². The van der Waals surface area contributed by atoms with Crippen LogP contribution in [0.1, 0.15) is 39.5 Å². The minimum Gasteiger partial charge on any atom is -0.392 e. The number of amides is 1. The molecule has 0 aliphatic carbocycles. The van der Waals surface area contributed by atoms with Crippen molar-refractivity contribution in [2.24, 2.45) is 11.1 Å². The van der Waals surface area contributed by atoms with Gasteiger partial charge in [-0.05, 0) is 32.6 Å². The van der Waals surface area contributed by atoms with Crippen LogP contribution in [0.4, 0.5) is 0 Å². The van der Waals surface area contributed by atoms with Gasteiger partial charge in [0.05, 0.1) is 10.4 Å².